The number of hydrogen-bond donors (Lipinski definition) is 1. The van der Waals surface area contributed by atoms with Gasteiger partial charge in [0.05, 0.1) is 5.69 Å². The van der Waals surface area contributed by atoms with Crippen LogP contribution in [-0.2, 0) is 6.54 Å². The molecular formula is C15H16N2O2. The van der Waals surface area contributed by atoms with Gasteiger partial charge in [0, 0.05) is 25.0 Å². The number of fused-ring (bicyclic) bond motifs is 2. The summed E-state index contributed by atoms with van der Waals surface area (Å²) >= 11 is 0. The quantitative estimate of drug-likeness (QED) is 0.776. The standard InChI is InChI=1S/C15H16N2O2/c18-14(19)17-9-12-7-15(5-6-15)10-16(12)8-11-3-1-2-4-13(11)17/h1-4,9H,5-8,10H2,(H,18,19). The molecule has 19 heavy (non-hydrogen) atoms. The first-order chi connectivity index (χ1) is 9.17. The maximum Gasteiger partial charge on any atom is 0.416 e. The lowest BCUT2D eigenvalue weighted by Gasteiger charge is -2.19. The summed E-state index contributed by atoms with van der Waals surface area (Å²) in [6.07, 6.45) is 4.52. The largest absolute Gasteiger partial charge is 0.464 e. The van der Waals surface area contributed by atoms with Crippen LogP contribution in [0.15, 0.2) is 36.2 Å². The van der Waals surface area contributed by atoms with Gasteiger partial charge >= 0.3 is 6.09 Å². The average molecular weight is 256 g/mol. The number of para-hydroxylation sites is 1. The Bertz CT molecular complexity index is 590. The van der Waals surface area contributed by atoms with Gasteiger partial charge in [-0.1, -0.05) is 18.2 Å². The molecule has 1 aliphatic carbocycles. The van der Waals surface area contributed by atoms with Gasteiger partial charge in [-0.25, -0.2) is 4.79 Å². The molecule has 98 valence electrons. The van der Waals surface area contributed by atoms with Crippen LogP contribution >= 0.6 is 0 Å². The van der Waals surface area contributed by atoms with E-state index in [2.05, 4.69) is 4.90 Å². The Morgan fingerprint density at radius 3 is 2.79 bits per heavy atom. The lowest BCUT2D eigenvalue weighted by molar-refractivity contribution is 0.204. The fourth-order valence-electron chi connectivity index (χ4n) is 3.32. The van der Waals surface area contributed by atoms with Crippen molar-refractivity contribution in [1.29, 1.82) is 0 Å². The molecule has 0 aromatic heterocycles. The zero-order chi connectivity index (χ0) is 13.0. The number of allylic oxidation sites excluding steroid dienone is 1. The maximum atomic E-state index is 11.5. The molecule has 1 spiro atoms. The van der Waals surface area contributed by atoms with Crippen LogP contribution in [0.1, 0.15) is 24.8 Å². The van der Waals surface area contributed by atoms with Crippen molar-refractivity contribution < 1.29 is 9.90 Å². The highest BCUT2D eigenvalue weighted by molar-refractivity contribution is 5.89. The Morgan fingerprint density at radius 2 is 2.05 bits per heavy atom. The van der Waals surface area contributed by atoms with E-state index in [1.807, 2.05) is 30.5 Å². The van der Waals surface area contributed by atoms with E-state index in [0.717, 1.165) is 30.8 Å². The number of benzene rings is 1. The Balaban J connectivity index is 1.80. The van der Waals surface area contributed by atoms with Crippen molar-refractivity contribution in [2.75, 3.05) is 11.4 Å². The predicted octanol–water partition coefficient (Wildman–Crippen LogP) is 3.01. The van der Waals surface area contributed by atoms with Gasteiger partial charge in [0.15, 0.2) is 0 Å². The second-order valence-corrected chi connectivity index (χ2v) is 5.93. The minimum atomic E-state index is -0.904. The van der Waals surface area contributed by atoms with E-state index in [9.17, 15) is 9.90 Å². The molecule has 1 N–H and O–H groups in total. The highest BCUT2D eigenvalue weighted by Crippen LogP contribution is 2.56. The molecule has 0 unspecified atom stereocenters. The second-order valence-electron chi connectivity index (χ2n) is 5.93. The number of nitrogens with zero attached hydrogens (tertiary/aromatic N) is 2. The van der Waals surface area contributed by atoms with E-state index in [1.165, 1.54) is 23.4 Å². The number of carboxylic acid groups (broad SMARTS) is 1. The normalized spacial score (nSPS) is 22.6. The molecule has 0 radical (unpaired) electrons. The Kier molecular flexibility index (Phi) is 2.03. The molecule has 1 saturated carbocycles. The van der Waals surface area contributed by atoms with Crippen molar-refractivity contribution >= 4 is 11.8 Å². The van der Waals surface area contributed by atoms with Crippen molar-refractivity contribution in [1.82, 2.24) is 4.90 Å². The van der Waals surface area contributed by atoms with Crippen molar-refractivity contribution in [3.05, 3.63) is 41.7 Å². The zero-order valence-electron chi connectivity index (χ0n) is 10.7. The lowest BCUT2D eigenvalue weighted by Crippen LogP contribution is -2.23. The van der Waals surface area contributed by atoms with Crippen LogP contribution in [0.25, 0.3) is 0 Å². The van der Waals surface area contributed by atoms with Crippen molar-refractivity contribution in [2.45, 2.75) is 25.8 Å². The number of rotatable bonds is 0. The molecule has 4 nitrogen and oxygen atoms in total. The van der Waals surface area contributed by atoms with Crippen LogP contribution in [0.3, 0.4) is 0 Å². The van der Waals surface area contributed by atoms with Gasteiger partial charge in [-0.3, -0.25) is 4.90 Å². The van der Waals surface area contributed by atoms with E-state index < -0.39 is 6.09 Å². The summed E-state index contributed by atoms with van der Waals surface area (Å²) in [6, 6.07) is 7.79. The summed E-state index contributed by atoms with van der Waals surface area (Å²) in [6.45, 7) is 1.91. The van der Waals surface area contributed by atoms with Gasteiger partial charge in [-0.15, -0.1) is 0 Å². The zero-order valence-corrected chi connectivity index (χ0v) is 10.7. The predicted molar refractivity (Wildman–Crippen MR) is 71.7 cm³/mol. The molecule has 0 atom stereocenters. The summed E-state index contributed by atoms with van der Waals surface area (Å²) < 4.78 is 0. The molecule has 2 aliphatic heterocycles. The first-order valence-corrected chi connectivity index (χ1v) is 6.73. The highest BCUT2D eigenvalue weighted by atomic mass is 16.4. The minimum Gasteiger partial charge on any atom is -0.464 e. The van der Waals surface area contributed by atoms with Crippen LogP contribution in [0.5, 0.6) is 0 Å². The van der Waals surface area contributed by atoms with Crippen LogP contribution in [0.2, 0.25) is 0 Å². The molecule has 2 heterocycles. The third-order valence-corrected chi connectivity index (χ3v) is 4.54. The number of amides is 1. The van der Waals surface area contributed by atoms with Crippen LogP contribution in [0.4, 0.5) is 10.5 Å². The number of hydrogen-bond acceptors (Lipinski definition) is 2. The molecule has 0 bridgehead atoms. The summed E-state index contributed by atoms with van der Waals surface area (Å²) in [5, 5.41) is 9.44. The van der Waals surface area contributed by atoms with Crippen LogP contribution < -0.4 is 4.90 Å². The molecule has 1 aromatic carbocycles. The molecule has 1 saturated heterocycles. The van der Waals surface area contributed by atoms with Gasteiger partial charge in [-0.2, -0.15) is 0 Å². The van der Waals surface area contributed by atoms with E-state index >= 15 is 0 Å². The van der Waals surface area contributed by atoms with E-state index in [1.54, 1.807) is 0 Å². The number of anilines is 1. The molecule has 2 fully saturated rings. The Morgan fingerprint density at radius 1 is 1.26 bits per heavy atom. The molecule has 4 heteroatoms. The lowest BCUT2D eigenvalue weighted by atomic mass is 10.1. The molecule has 4 rings (SSSR count). The molecule has 1 amide bonds. The minimum absolute atomic E-state index is 0.461. The molecular weight excluding hydrogens is 240 g/mol. The smallest absolute Gasteiger partial charge is 0.416 e. The first kappa shape index (κ1) is 10.9. The monoisotopic (exact) mass is 256 g/mol. The summed E-state index contributed by atoms with van der Waals surface area (Å²) in [4.78, 5) is 15.2. The van der Waals surface area contributed by atoms with E-state index in [-0.39, 0.29) is 0 Å². The first-order valence-electron chi connectivity index (χ1n) is 6.73. The van der Waals surface area contributed by atoms with Gasteiger partial charge in [-0.05, 0) is 36.3 Å². The SMILES string of the molecule is O=C(O)N1C=C2CC3(CC3)CN2Cc2ccccc21. The van der Waals surface area contributed by atoms with E-state index in [0.29, 0.717) is 5.41 Å². The van der Waals surface area contributed by atoms with Crippen LogP contribution in [-0.4, -0.2) is 22.6 Å². The Labute approximate surface area is 111 Å². The van der Waals surface area contributed by atoms with E-state index in [4.69, 9.17) is 0 Å². The van der Waals surface area contributed by atoms with Gasteiger partial charge in [0.1, 0.15) is 0 Å². The number of carbonyl (C=O) groups is 1. The maximum absolute atomic E-state index is 11.5. The summed E-state index contributed by atoms with van der Waals surface area (Å²) in [5.41, 5.74) is 3.52. The summed E-state index contributed by atoms with van der Waals surface area (Å²) in [7, 11) is 0. The third kappa shape index (κ3) is 1.63. The van der Waals surface area contributed by atoms with Crippen molar-refractivity contribution in [3.8, 4) is 0 Å². The summed E-state index contributed by atoms with van der Waals surface area (Å²) in [5.74, 6) is 0. The molecule has 3 aliphatic rings. The third-order valence-electron chi connectivity index (χ3n) is 4.54. The van der Waals surface area contributed by atoms with Gasteiger partial charge < -0.3 is 10.0 Å². The van der Waals surface area contributed by atoms with Crippen LogP contribution in [0, 0.1) is 5.41 Å². The topological polar surface area (TPSA) is 43.8 Å². The van der Waals surface area contributed by atoms with Gasteiger partial charge in [0.2, 0.25) is 0 Å². The highest BCUT2D eigenvalue weighted by Gasteiger charge is 2.50. The fourth-order valence-corrected chi connectivity index (χ4v) is 3.32. The average Bonchev–Trinajstić information content (AvgIpc) is 3.07. The fraction of sp³-hybridized carbons (Fsp3) is 0.400. The van der Waals surface area contributed by atoms with Crippen molar-refractivity contribution in [2.24, 2.45) is 5.41 Å². The Hall–Kier alpha value is -1.97. The van der Waals surface area contributed by atoms with Crippen molar-refractivity contribution in [3.63, 3.8) is 0 Å². The van der Waals surface area contributed by atoms with Gasteiger partial charge in [0.25, 0.3) is 0 Å². The molecule has 1 aromatic rings. The second kappa shape index (κ2) is 3.53.